The van der Waals surface area contributed by atoms with Gasteiger partial charge in [-0.2, -0.15) is 0 Å². The predicted molar refractivity (Wildman–Crippen MR) is 59.7 cm³/mol. The molecule has 1 fully saturated rings. The Labute approximate surface area is 91.9 Å². The molecule has 0 heterocycles. The van der Waals surface area contributed by atoms with Gasteiger partial charge in [-0.1, -0.05) is 33.6 Å². The molecule has 2 atom stereocenters. The third-order valence-corrected chi connectivity index (χ3v) is 2.56. The van der Waals surface area contributed by atoms with Crippen LogP contribution in [0.3, 0.4) is 0 Å². The summed E-state index contributed by atoms with van der Waals surface area (Å²) in [5, 5.41) is 8.66. The number of carbonyl (C=O) groups excluding carboxylic acids is 1. The summed E-state index contributed by atoms with van der Waals surface area (Å²) in [7, 11) is 0. The highest BCUT2D eigenvalue weighted by Crippen LogP contribution is 2.28. The van der Waals surface area contributed by atoms with E-state index >= 15 is 0 Å². The minimum atomic E-state index is -0.605. The number of aldehydes is 1. The van der Waals surface area contributed by atoms with E-state index in [0.29, 0.717) is 5.92 Å². The van der Waals surface area contributed by atoms with Crippen molar-refractivity contribution in [1.29, 1.82) is 0 Å². The van der Waals surface area contributed by atoms with Gasteiger partial charge in [-0.15, -0.1) is 0 Å². The number of carboxylic acid groups (broad SMARTS) is 1. The van der Waals surface area contributed by atoms with Crippen LogP contribution in [0, 0.1) is 17.8 Å². The second kappa shape index (κ2) is 7.43. The van der Waals surface area contributed by atoms with Crippen LogP contribution in [0.2, 0.25) is 0 Å². The van der Waals surface area contributed by atoms with E-state index in [1.807, 2.05) is 13.8 Å². The zero-order chi connectivity index (χ0) is 11.8. The van der Waals surface area contributed by atoms with Crippen molar-refractivity contribution in [1.82, 2.24) is 0 Å². The summed E-state index contributed by atoms with van der Waals surface area (Å²) in [4.78, 5) is 20.0. The fraction of sp³-hybridized carbons (Fsp3) is 0.833. The van der Waals surface area contributed by atoms with Crippen molar-refractivity contribution in [2.45, 2.75) is 46.5 Å². The van der Waals surface area contributed by atoms with E-state index in [-0.39, 0.29) is 11.8 Å². The molecule has 0 aliphatic heterocycles. The number of hydrogen-bond donors (Lipinski definition) is 1. The molecule has 0 bridgehead atoms. The summed E-state index contributed by atoms with van der Waals surface area (Å²) in [5.41, 5.74) is 0. The van der Waals surface area contributed by atoms with E-state index in [2.05, 4.69) is 6.92 Å². The first-order valence-electron chi connectivity index (χ1n) is 5.65. The van der Waals surface area contributed by atoms with Crippen molar-refractivity contribution >= 4 is 12.3 Å². The molecule has 15 heavy (non-hydrogen) atoms. The fourth-order valence-corrected chi connectivity index (χ4v) is 1.66. The third-order valence-electron chi connectivity index (χ3n) is 2.56. The zero-order valence-electron chi connectivity index (χ0n) is 9.90. The van der Waals surface area contributed by atoms with Gasteiger partial charge in [0.15, 0.2) is 0 Å². The Morgan fingerprint density at radius 1 is 1.40 bits per heavy atom. The van der Waals surface area contributed by atoms with Crippen LogP contribution in [0.4, 0.5) is 0 Å². The predicted octanol–water partition coefficient (Wildman–Crippen LogP) is 2.74. The van der Waals surface area contributed by atoms with Crippen molar-refractivity contribution < 1.29 is 14.7 Å². The summed E-state index contributed by atoms with van der Waals surface area (Å²) >= 11 is 0. The third kappa shape index (κ3) is 7.11. The van der Waals surface area contributed by atoms with Gasteiger partial charge in [0.1, 0.15) is 6.29 Å². The highest BCUT2D eigenvalue weighted by atomic mass is 16.4. The molecule has 88 valence electrons. The molecule has 1 N–H and O–H groups in total. The summed E-state index contributed by atoms with van der Waals surface area (Å²) in [6.07, 6.45) is 5.00. The second-order valence-corrected chi connectivity index (χ2v) is 4.69. The topological polar surface area (TPSA) is 54.4 Å². The molecule has 0 amide bonds. The number of rotatable bonds is 2. The molecule has 2 unspecified atom stereocenters. The lowest BCUT2D eigenvalue weighted by atomic mass is 9.83. The Kier molecular flexibility index (Phi) is 7.01. The van der Waals surface area contributed by atoms with E-state index in [1.54, 1.807) is 0 Å². The maximum Gasteiger partial charge on any atom is 0.306 e. The summed E-state index contributed by atoms with van der Waals surface area (Å²) in [6.45, 7) is 5.84. The SMILES string of the molecule is CC(C)C=O.CC1CCCC(C(=O)O)C1. The van der Waals surface area contributed by atoms with Crippen molar-refractivity contribution in [2.75, 3.05) is 0 Å². The Hall–Kier alpha value is -0.860. The Bertz CT molecular complexity index is 199. The van der Waals surface area contributed by atoms with Gasteiger partial charge < -0.3 is 9.90 Å². The van der Waals surface area contributed by atoms with Gasteiger partial charge >= 0.3 is 5.97 Å². The van der Waals surface area contributed by atoms with E-state index in [4.69, 9.17) is 5.11 Å². The Morgan fingerprint density at radius 2 is 1.93 bits per heavy atom. The average molecular weight is 214 g/mol. The average Bonchev–Trinajstić information content (AvgIpc) is 2.18. The summed E-state index contributed by atoms with van der Waals surface area (Å²) in [6, 6.07) is 0. The lowest BCUT2D eigenvalue weighted by Crippen LogP contribution is -2.20. The molecule has 0 aromatic rings. The molecule has 1 rings (SSSR count). The minimum absolute atomic E-state index is 0.0521. The van der Waals surface area contributed by atoms with Gasteiger partial charge in [-0.3, -0.25) is 4.79 Å². The van der Waals surface area contributed by atoms with Crippen molar-refractivity contribution in [3.63, 3.8) is 0 Å². The highest BCUT2D eigenvalue weighted by Gasteiger charge is 2.23. The molecule has 1 aliphatic rings. The Morgan fingerprint density at radius 3 is 2.20 bits per heavy atom. The minimum Gasteiger partial charge on any atom is -0.481 e. The van der Waals surface area contributed by atoms with E-state index in [0.717, 1.165) is 25.5 Å². The van der Waals surface area contributed by atoms with Gasteiger partial charge in [0.25, 0.3) is 0 Å². The van der Waals surface area contributed by atoms with Gasteiger partial charge in [0.05, 0.1) is 5.92 Å². The molecule has 3 nitrogen and oxygen atoms in total. The molecule has 0 aromatic carbocycles. The van der Waals surface area contributed by atoms with Gasteiger partial charge in [-0.25, -0.2) is 0 Å². The summed E-state index contributed by atoms with van der Waals surface area (Å²) < 4.78 is 0. The maximum absolute atomic E-state index is 10.5. The number of carbonyl (C=O) groups is 2. The Balaban J connectivity index is 0.000000336. The van der Waals surface area contributed by atoms with Gasteiger partial charge in [0, 0.05) is 5.92 Å². The van der Waals surface area contributed by atoms with Gasteiger partial charge in [-0.05, 0) is 18.8 Å². The molecule has 0 saturated heterocycles. The zero-order valence-corrected chi connectivity index (χ0v) is 9.90. The van der Waals surface area contributed by atoms with Crippen LogP contribution in [-0.2, 0) is 9.59 Å². The highest BCUT2D eigenvalue weighted by molar-refractivity contribution is 5.70. The number of carboxylic acids is 1. The normalized spacial score (nSPS) is 25.3. The van der Waals surface area contributed by atoms with Gasteiger partial charge in [0.2, 0.25) is 0 Å². The van der Waals surface area contributed by atoms with Crippen LogP contribution in [0.15, 0.2) is 0 Å². The van der Waals surface area contributed by atoms with E-state index in [9.17, 15) is 9.59 Å². The fourth-order valence-electron chi connectivity index (χ4n) is 1.66. The molecule has 1 saturated carbocycles. The smallest absolute Gasteiger partial charge is 0.306 e. The van der Waals surface area contributed by atoms with E-state index < -0.39 is 5.97 Å². The molecule has 1 aliphatic carbocycles. The van der Waals surface area contributed by atoms with Crippen LogP contribution in [0.1, 0.15) is 46.5 Å². The maximum atomic E-state index is 10.5. The first-order valence-corrected chi connectivity index (χ1v) is 5.65. The first kappa shape index (κ1) is 14.1. The van der Waals surface area contributed by atoms with Crippen molar-refractivity contribution in [2.24, 2.45) is 17.8 Å². The molecule has 0 aromatic heterocycles. The molecule has 3 heteroatoms. The van der Waals surface area contributed by atoms with Crippen molar-refractivity contribution in [3.8, 4) is 0 Å². The van der Waals surface area contributed by atoms with Crippen molar-refractivity contribution in [3.05, 3.63) is 0 Å². The monoisotopic (exact) mass is 214 g/mol. The van der Waals surface area contributed by atoms with Crippen LogP contribution in [-0.4, -0.2) is 17.4 Å². The number of aliphatic carboxylic acids is 1. The molecule has 0 radical (unpaired) electrons. The quantitative estimate of drug-likeness (QED) is 0.719. The number of hydrogen-bond acceptors (Lipinski definition) is 2. The second-order valence-electron chi connectivity index (χ2n) is 4.69. The van der Waals surface area contributed by atoms with Crippen LogP contribution in [0.25, 0.3) is 0 Å². The molecule has 0 spiro atoms. The molecular weight excluding hydrogens is 192 g/mol. The van der Waals surface area contributed by atoms with E-state index in [1.165, 1.54) is 6.42 Å². The van der Waals surface area contributed by atoms with Crippen LogP contribution < -0.4 is 0 Å². The van der Waals surface area contributed by atoms with Crippen LogP contribution >= 0.6 is 0 Å². The lowest BCUT2D eigenvalue weighted by molar-refractivity contribution is -0.143. The summed E-state index contributed by atoms with van der Waals surface area (Å²) in [5.74, 6) is 0.167. The lowest BCUT2D eigenvalue weighted by Gasteiger charge is -2.22. The van der Waals surface area contributed by atoms with Crippen LogP contribution in [0.5, 0.6) is 0 Å². The largest absolute Gasteiger partial charge is 0.481 e. The first-order chi connectivity index (χ1) is 6.97. The standard InChI is InChI=1S/C8H14O2.C4H8O/c1-6-3-2-4-7(5-6)8(9)10;1-4(2)3-5/h6-7H,2-5H2,1H3,(H,9,10);3-4H,1-2H3. The molecular formula is C12H22O3.